The number of aromatic nitrogens is 1. The number of rotatable bonds is 3. The van der Waals surface area contributed by atoms with Crippen LogP contribution in [-0.4, -0.2) is 42.0 Å². The highest BCUT2D eigenvalue weighted by atomic mass is 16.2. The maximum Gasteiger partial charge on any atom is 0.246 e. The molecule has 26 heavy (non-hydrogen) atoms. The second-order valence-electron chi connectivity index (χ2n) is 7.45. The lowest BCUT2D eigenvalue weighted by Crippen LogP contribution is -2.44. The van der Waals surface area contributed by atoms with Gasteiger partial charge in [-0.25, -0.2) is 4.98 Å². The number of nitrogens with one attached hydrogen (secondary N) is 1. The first-order valence-corrected chi connectivity index (χ1v) is 9.42. The summed E-state index contributed by atoms with van der Waals surface area (Å²) in [5, 5.41) is 2.98. The van der Waals surface area contributed by atoms with Crippen molar-refractivity contribution in [2.45, 2.75) is 38.3 Å². The zero-order valence-corrected chi connectivity index (χ0v) is 15.5. The van der Waals surface area contributed by atoms with Gasteiger partial charge < -0.3 is 10.2 Å². The molecule has 1 N–H and O–H groups in total. The van der Waals surface area contributed by atoms with Crippen molar-refractivity contribution in [2.24, 2.45) is 0 Å². The Bertz CT molecular complexity index is 784. The van der Waals surface area contributed by atoms with Crippen LogP contribution in [0.15, 0.2) is 42.6 Å². The fraction of sp³-hybridized carbons (Fsp3) is 0.429. The summed E-state index contributed by atoms with van der Waals surface area (Å²) in [6, 6.07) is 12.7. The van der Waals surface area contributed by atoms with Crippen LogP contribution in [0.4, 0.5) is 11.5 Å². The molecule has 2 aliphatic heterocycles. The van der Waals surface area contributed by atoms with Gasteiger partial charge in [0.1, 0.15) is 6.04 Å². The summed E-state index contributed by atoms with van der Waals surface area (Å²) in [5.41, 5.74) is 3.44. The number of piperidine rings is 1. The summed E-state index contributed by atoms with van der Waals surface area (Å²) in [7, 11) is 1.92. The highest BCUT2D eigenvalue weighted by Gasteiger charge is 2.28. The predicted molar refractivity (Wildman–Crippen MR) is 104 cm³/mol. The van der Waals surface area contributed by atoms with Gasteiger partial charge in [-0.1, -0.05) is 30.3 Å². The van der Waals surface area contributed by atoms with Crippen molar-refractivity contribution in [3.05, 3.63) is 53.7 Å². The molecule has 1 atom stereocenters. The molecule has 5 heteroatoms. The number of amides is 1. The monoisotopic (exact) mass is 350 g/mol. The molecule has 2 aromatic rings. The molecule has 0 aliphatic carbocycles. The van der Waals surface area contributed by atoms with Crippen molar-refractivity contribution in [1.82, 2.24) is 9.88 Å². The van der Waals surface area contributed by atoms with Crippen molar-refractivity contribution in [2.75, 3.05) is 30.4 Å². The lowest BCUT2D eigenvalue weighted by molar-refractivity contribution is -0.117. The number of pyridine rings is 1. The van der Waals surface area contributed by atoms with E-state index < -0.39 is 0 Å². The van der Waals surface area contributed by atoms with Gasteiger partial charge in [-0.15, -0.1) is 0 Å². The Hall–Kier alpha value is -2.40. The number of carbonyl (C=O) groups is 1. The zero-order chi connectivity index (χ0) is 18.1. The molecule has 1 aromatic heterocycles. The van der Waals surface area contributed by atoms with Crippen molar-refractivity contribution in [3.8, 4) is 0 Å². The number of hydrogen-bond donors (Lipinski definition) is 1. The number of hydrogen-bond acceptors (Lipinski definition) is 4. The molecule has 1 aromatic carbocycles. The number of benzene rings is 1. The Labute approximate surface area is 155 Å². The Kier molecular flexibility index (Phi) is 4.64. The van der Waals surface area contributed by atoms with Gasteiger partial charge in [0.25, 0.3) is 0 Å². The van der Waals surface area contributed by atoms with Crippen LogP contribution in [0, 0.1) is 0 Å². The van der Waals surface area contributed by atoms with Gasteiger partial charge in [0, 0.05) is 19.8 Å². The lowest BCUT2D eigenvalue weighted by atomic mass is 9.89. The number of carbonyl (C=O) groups excluding carboxylic acids is 1. The van der Waals surface area contributed by atoms with Crippen LogP contribution < -0.4 is 10.2 Å². The van der Waals surface area contributed by atoms with Gasteiger partial charge >= 0.3 is 0 Å². The quantitative estimate of drug-likeness (QED) is 0.923. The van der Waals surface area contributed by atoms with Gasteiger partial charge in [0.2, 0.25) is 5.91 Å². The largest absolute Gasteiger partial charge is 0.346 e. The fourth-order valence-electron chi connectivity index (χ4n) is 3.96. The minimum absolute atomic E-state index is 0.0302. The van der Waals surface area contributed by atoms with E-state index in [-0.39, 0.29) is 11.9 Å². The van der Waals surface area contributed by atoms with E-state index in [2.05, 4.69) is 51.6 Å². The standard InChI is InChI=1S/C21H26N4O/c1-15-21(26)23-19-12-16(13-22-20(19)24(15)2)14-25-10-8-18(9-11-25)17-6-4-3-5-7-17/h3-7,12-13,15,18H,8-11,14H2,1-2H3,(H,23,26). The number of likely N-dealkylation sites (N-methyl/N-ethyl adjacent to an activating group) is 1. The van der Waals surface area contributed by atoms with Crippen LogP contribution in [0.3, 0.4) is 0 Å². The molecular formula is C21H26N4O. The number of nitrogens with zero attached hydrogens (tertiary/aromatic N) is 3. The van der Waals surface area contributed by atoms with Crippen molar-refractivity contribution in [3.63, 3.8) is 0 Å². The maximum atomic E-state index is 12.0. The Morgan fingerprint density at radius 3 is 2.65 bits per heavy atom. The summed E-state index contributed by atoms with van der Waals surface area (Å²) in [6.07, 6.45) is 4.33. The predicted octanol–water partition coefficient (Wildman–Crippen LogP) is 3.24. The summed E-state index contributed by atoms with van der Waals surface area (Å²) in [4.78, 5) is 21.1. The molecule has 0 bridgehead atoms. The van der Waals surface area contributed by atoms with Gasteiger partial charge in [-0.05, 0) is 56.0 Å². The molecular weight excluding hydrogens is 324 g/mol. The third-order valence-corrected chi connectivity index (χ3v) is 5.74. The Morgan fingerprint density at radius 1 is 1.19 bits per heavy atom. The molecule has 1 saturated heterocycles. The van der Waals surface area contributed by atoms with E-state index in [1.54, 1.807) is 0 Å². The SMILES string of the molecule is CC1C(=O)Nc2cc(CN3CCC(c4ccccc4)CC3)cnc2N1C. The van der Waals surface area contributed by atoms with Crippen LogP contribution in [-0.2, 0) is 11.3 Å². The van der Waals surface area contributed by atoms with Crippen LogP contribution in [0.25, 0.3) is 0 Å². The molecule has 136 valence electrons. The normalized spacial score (nSPS) is 21.4. The van der Waals surface area contributed by atoms with E-state index in [1.807, 2.05) is 25.1 Å². The highest BCUT2D eigenvalue weighted by molar-refractivity contribution is 6.02. The smallest absolute Gasteiger partial charge is 0.246 e. The molecule has 0 radical (unpaired) electrons. The fourth-order valence-corrected chi connectivity index (χ4v) is 3.96. The Morgan fingerprint density at radius 2 is 1.92 bits per heavy atom. The number of fused-ring (bicyclic) bond motifs is 1. The van der Waals surface area contributed by atoms with E-state index in [0.29, 0.717) is 5.92 Å². The first kappa shape index (κ1) is 17.0. The molecule has 0 saturated carbocycles. The summed E-state index contributed by atoms with van der Waals surface area (Å²) in [5.74, 6) is 1.55. The van der Waals surface area contributed by atoms with E-state index in [9.17, 15) is 4.79 Å². The molecule has 5 nitrogen and oxygen atoms in total. The average Bonchev–Trinajstić information content (AvgIpc) is 2.67. The van der Waals surface area contributed by atoms with Crippen LogP contribution in [0.2, 0.25) is 0 Å². The topological polar surface area (TPSA) is 48.5 Å². The van der Waals surface area contributed by atoms with Gasteiger partial charge in [0.15, 0.2) is 5.82 Å². The molecule has 1 amide bonds. The van der Waals surface area contributed by atoms with Crippen molar-refractivity contribution in [1.29, 1.82) is 0 Å². The first-order chi connectivity index (χ1) is 12.6. The molecule has 0 spiro atoms. The van der Waals surface area contributed by atoms with E-state index in [4.69, 9.17) is 0 Å². The van der Waals surface area contributed by atoms with Gasteiger partial charge in [-0.3, -0.25) is 9.69 Å². The van der Waals surface area contributed by atoms with E-state index >= 15 is 0 Å². The van der Waals surface area contributed by atoms with E-state index in [1.165, 1.54) is 18.4 Å². The first-order valence-electron chi connectivity index (χ1n) is 9.42. The highest BCUT2D eigenvalue weighted by Crippen LogP contribution is 2.31. The maximum absolute atomic E-state index is 12.0. The third-order valence-electron chi connectivity index (χ3n) is 5.74. The number of likely N-dealkylation sites (tertiary alicyclic amines) is 1. The number of anilines is 2. The summed E-state index contributed by atoms with van der Waals surface area (Å²) < 4.78 is 0. The third kappa shape index (κ3) is 3.31. The van der Waals surface area contributed by atoms with Gasteiger partial charge in [-0.2, -0.15) is 0 Å². The molecule has 1 unspecified atom stereocenters. The molecule has 3 heterocycles. The molecule has 1 fully saturated rings. The van der Waals surface area contributed by atoms with Crippen LogP contribution in [0.5, 0.6) is 0 Å². The lowest BCUT2D eigenvalue weighted by Gasteiger charge is -2.34. The molecule has 4 rings (SSSR count). The van der Waals surface area contributed by atoms with Crippen LogP contribution >= 0.6 is 0 Å². The minimum atomic E-state index is -0.183. The minimum Gasteiger partial charge on any atom is -0.346 e. The van der Waals surface area contributed by atoms with Crippen molar-refractivity contribution >= 4 is 17.4 Å². The second-order valence-corrected chi connectivity index (χ2v) is 7.45. The average molecular weight is 350 g/mol. The second kappa shape index (κ2) is 7.08. The zero-order valence-electron chi connectivity index (χ0n) is 15.5. The van der Waals surface area contributed by atoms with Crippen molar-refractivity contribution < 1.29 is 4.79 Å². The summed E-state index contributed by atoms with van der Waals surface area (Å²) in [6.45, 7) is 4.97. The Balaban J connectivity index is 1.40. The summed E-state index contributed by atoms with van der Waals surface area (Å²) >= 11 is 0. The van der Waals surface area contributed by atoms with E-state index in [0.717, 1.165) is 36.7 Å². The molecule has 2 aliphatic rings. The van der Waals surface area contributed by atoms with Crippen LogP contribution in [0.1, 0.15) is 36.8 Å². The van der Waals surface area contributed by atoms with Gasteiger partial charge in [0.05, 0.1) is 5.69 Å².